The van der Waals surface area contributed by atoms with E-state index in [1.807, 2.05) is 24.3 Å². The Bertz CT molecular complexity index is 609. The van der Waals surface area contributed by atoms with Gasteiger partial charge in [0.25, 0.3) is 0 Å². The molecule has 1 saturated heterocycles. The highest BCUT2D eigenvalue weighted by Gasteiger charge is 2.27. The molecule has 2 amide bonds. The summed E-state index contributed by atoms with van der Waals surface area (Å²) in [5.74, 6) is -0.149. The Morgan fingerprint density at radius 2 is 1.96 bits per heavy atom. The zero-order valence-corrected chi connectivity index (χ0v) is 13.1. The maximum Gasteiger partial charge on any atom is 0.234 e. The minimum Gasteiger partial charge on any atom is -0.396 e. The molecule has 1 aromatic carbocycles. The van der Waals surface area contributed by atoms with E-state index in [1.54, 1.807) is 0 Å². The smallest absolute Gasteiger partial charge is 0.234 e. The Hall–Kier alpha value is -2.14. The second-order valence-electron chi connectivity index (χ2n) is 6.19. The van der Waals surface area contributed by atoms with Crippen molar-refractivity contribution in [2.24, 2.45) is 5.92 Å². The molecule has 0 spiro atoms. The molecule has 2 heterocycles. The number of carbonyl (C=O) groups is 2. The molecule has 1 fully saturated rings. The molecule has 3 rings (SSSR count). The van der Waals surface area contributed by atoms with Crippen LogP contribution in [-0.4, -0.2) is 30.1 Å². The summed E-state index contributed by atoms with van der Waals surface area (Å²) in [6, 6.07) is 8.00. The molecule has 0 radical (unpaired) electrons. The molecular formula is C18H22N2O3. The molecule has 0 bridgehead atoms. The van der Waals surface area contributed by atoms with Crippen molar-refractivity contribution >= 4 is 17.5 Å². The molecule has 0 aromatic heterocycles. The van der Waals surface area contributed by atoms with Gasteiger partial charge >= 0.3 is 0 Å². The third-order valence-electron chi connectivity index (χ3n) is 4.65. The number of aliphatic hydroxyl groups is 1. The van der Waals surface area contributed by atoms with Crippen molar-refractivity contribution in [1.82, 2.24) is 5.32 Å². The number of hydrogen-bond acceptors (Lipinski definition) is 4. The summed E-state index contributed by atoms with van der Waals surface area (Å²) in [6.45, 7) is 1.16. The molecule has 2 atom stereocenters. The molecule has 1 aromatic rings. The lowest BCUT2D eigenvalue weighted by Gasteiger charge is -2.28. The lowest BCUT2D eigenvalue weighted by molar-refractivity contribution is -0.134. The first-order valence-electron chi connectivity index (χ1n) is 8.17. The van der Waals surface area contributed by atoms with Crippen LogP contribution in [0.25, 0.3) is 0 Å². The highest BCUT2D eigenvalue weighted by Crippen LogP contribution is 2.28. The van der Waals surface area contributed by atoms with E-state index in [0.717, 1.165) is 30.6 Å². The van der Waals surface area contributed by atoms with Crippen molar-refractivity contribution in [3.8, 4) is 0 Å². The molecular weight excluding hydrogens is 292 g/mol. The standard InChI is InChI=1S/C18H22N2O3/c21-12-9-13-7-10-20(11-8-13)15-3-1-14(2-4-15)16-5-6-17(22)19-18(16)23/h1-4,7,10,13,16,21H,5-6,8-9,11-12H2,(H,19,22,23). The molecule has 5 heteroatoms. The van der Waals surface area contributed by atoms with Gasteiger partial charge in [-0.1, -0.05) is 18.2 Å². The van der Waals surface area contributed by atoms with E-state index in [9.17, 15) is 9.59 Å². The van der Waals surface area contributed by atoms with Crippen LogP contribution in [0.4, 0.5) is 5.69 Å². The van der Waals surface area contributed by atoms with Crippen LogP contribution in [0.5, 0.6) is 0 Å². The van der Waals surface area contributed by atoms with Crippen molar-refractivity contribution in [2.75, 3.05) is 18.1 Å². The van der Waals surface area contributed by atoms with Crippen LogP contribution < -0.4 is 10.2 Å². The maximum atomic E-state index is 11.9. The topological polar surface area (TPSA) is 69.6 Å². The Kier molecular flexibility index (Phi) is 4.76. The van der Waals surface area contributed by atoms with E-state index in [1.165, 1.54) is 0 Å². The lowest BCUT2D eigenvalue weighted by Crippen LogP contribution is -2.39. The van der Waals surface area contributed by atoms with Gasteiger partial charge in [-0.3, -0.25) is 14.9 Å². The van der Waals surface area contributed by atoms with Gasteiger partial charge in [-0.05, 0) is 42.9 Å². The summed E-state index contributed by atoms with van der Waals surface area (Å²) >= 11 is 0. The van der Waals surface area contributed by atoms with Crippen LogP contribution in [0.2, 0.25) is 0 Å². The van der Waals surface area contributed by atoms with Crippen molar-refractivity contribution < 1.29 is 14.7 Å². The lowest BCUT2D eigenvalue weighted by atomic mass is 9.90. The largest absolute Gasteiger partial charge is 0.396 e. The first kappa shape index (κ1) is 15.7. The van der Waals surface area contributed by atoms with Gasteiger partial charge in [-0.25, -0.2) is 0 Å². The zero-order valence-electron chi connectivity index (χ0n) is 13.1. The second kappa shape index (κ2) is 6.96. The van der Waals surface area contributed by atoms with E-state index in [0.29, 0.717) is 18.8 Å². The molecule has 2 aliphatic heterocycles. The highest BCUT2D eigenvalue weighted by atomic mass is 16.3. The summed E-state index contributed by atoms with van der Waals surface area (Å²) < 4.78 is 0. The molecule has 2 aliphatic rings. The van der Waals surface area contributed by atoms with E-state index >= 15 is 0 Å². The molecule has 2 N–H and O–H groups in total. The Morgan fingerprint density at radius 1 is 1.17 bits per heavy atom. The average Bonchev–Trinajstić information content (AvgIpc) is 2.56. The number of amides is 2. The minimum atomic E-state index is -0.229. The number of imide groups is 1. The number of anilines is 1. The summed E-state index contributed by atoms with van der Waals surface area (Å²) in [4.78, 5) is 25.3. The predicted octanol–water partition coefficient (Wildman–Crippen LogP) is 1.93. The fourth-order valence-corrected chi connectivity index (χ4v) is 3.23. The third-order valence-corrected chi connectivity index (χ3v) is 4.65. The normalized spacial score (nSPS) is 24.7. The van der Waals surface area contributed by atoms with Crippen LogP contribution in [-0.2, 0) is 9.59 Å². The van der Waals surface area contributed by atoms with Crippen LogP contribution >= 0.6 is 0 Å². The van der Waals surface area contributed by atoms with Gasteiger partial charge in [0.15, 0.2) is 0 Å². The number of piperidine rings is 1. The maximum absolute atomic E-state index is 11.9. The van der Waals surface area contributed by atoms with Gasteiger partial charge in [-0.15, -0.1) is 0 Å². The summed E-state index contributed by atoms with van der Waals surface area (Å²) in [5.41, 5.74) is 2.05. The highest BCUT2D eigenvalue weighted by molar-refractivity contribution is 6.00. The van der Waals surface area contributed by atoms with Gasteiger partial charge in [0, 0.05) is 31.5 Å². The van der Waals surface area contributed by atoms with Gasteiger partial charge in [0.1, 0.15) is 0 Å². The fraction of sp³-hybridized carbons (Fsp3) is 0.444. The molecule has 0 aliphatic carbocycles. The van der Waals surface area contributed by atoms with Crippen molar-refractivity contribution in [3.63, 3.8) is 0 Å². The summed E-state index contributed by atoms with van der Waals surface area (Å²) in [7, 11) is 0. The van der Waals surface area contributed by atoms with Gasteiger partial charge in [0.05, 0.1) is 5.92 Å². The molecule has 5 nitrogen and oxygen atoms in total. The number of benzene rings is 1. The first-order chi connectivity index (χ1) is 11.2. The fourth-order valence-electron chi connectivity index (χ4n) is 3.23. The van der Waals surface area contributed by atoms with Crippen LogP contribution in [0, 0.1) is 5.92 Å². The number of aliphatic hydroxyl groups excluding tert-OH is 1. The van der Waals surface area contributed by atoms with Crippen LogP contribution in [0.15, 0.2) is 36.5 Å². The molecule has 2 unspecified atom stereocenters. The van der Waals surface area contributed by atoms with Crippen LogP contribution in [0.3, 0.4) is 0 Å². The SMILES string of the molecule is O=C1CCC(c2ccc(N3C=CC(CCO)CC3)cc2)C(=O)N1. The van der Waals surface area contributed by atoms with Gasteiger partial charge < -0.3 is 10.0 Å². The van der Waals surface area contributed by atoms with Gasteiger partial charge in [0.2, 0.25) is 11.8 Å². The number of carbonyl (C=O) groups excluding carboxylic acids is 2. The Balaban J connectivity index is 1.67. The van der Waals surface area contributed by atoms with Crippen molar-refractivity contribution in [2.45, 2.75) is 31.6 Å². The van der Waals surface area contributed by atoms with Crippen molar-refractivity contribution in [3.05, 3.63) is 42.1 Å². The summed E-state index contributed by atoms with van der Waals surface area (Å²) in [6.07, 6.45) is 7.05. The number of nitrogens with zero attached hydrogens (tertiary/aromatic N) is 1. The van der Waals surface area contributed by atoms with E-state index in [4.69, 9.17) is 5.11 Å². The monoisotopic (exact) mass is 314 g/mol. The quantitative estimate of drug-likeness (QED) is 0.833. The molecule has 23 heavy (non-hydrogen) atoms. The zero-order chi connectivity index (χ0) is 16.2. The average molecular weight is 314 g/mol. The first-order valence-corrected chi connectivity index (χ1v) is 8.17. The Morgan fingerprint density at radius 3 is 2.57 bits per heavy atom. The number of allylic oxidation sites excluding steroid dienone is 1. The molecule has 122 valence electrons. The second-order valence-corrected chi connectivity index (χ2v) is 6.19. The molecule has 0 saturated carbocycles. The van der Waals surface area contributed by atoms with E-state index < -0.39 is 0 Å². The minimum absolute atomic E-state index is 0.182. The van der Waals surface area contributed by atoms with E-state index in [2.05, 4.69) is 22.5 Å². The number of nitrogens with one attached hydrogen (secondary N) is 1. The third kappa shape index (κ3) is 3.62. The Labute approximate surface area is 136 Å². The number of rotatable bonds is 4. The van der Waals surface area contributed by atoms with Gasteiger partial charge in [-0.2, -0.15) is 0 Å². The van der Waals surface area contributed by atoms with Crippen LogP contribution in [0.1, 0.15) is 37.2 Å². The predicted molar refractivity (Wildman–Crippen MR) is 87.9 cm³/mol. The van der Waals surface area contributed by atoms with Crippen molar-refractivity contribution in [1.29, 1.82) is 0 Å². The summed E-state index contributed by atoms with van der Waals surface area (Å²) in [5, 5.41) is 11.4. The number of hydrogen-bond donors (Lipinski definition) is 2. The van der Waals surface area contributed by atoms with E-state index in [-0.39, 0.29) is 24.3 Å².